The molecule has 12 heteroatoms. The van der Waals surface area contributed by atoms with Gasteiger partial charge in [-0.1, -0.05) is 0 Å². The Hall–Kier alpha value is -5.64. The lowest BCUT2D eigenvalue weighted by molar-refractivity contribution is -0.693. The van der Waals surface area contributed by atoms with Crippen LogP contribution in [0, 0.1) is 0 Å². The predicted molar refractivity (Wildman–Crippen MR) is 224 cm³/mol. The molecule has 0 radical (unpaired) electrons. The molecule has 7 aromatic heterocycles. The Kier molecular flexibility index (Phi) is 14.9. The van der Waals surface area contributed by atoms with Crippen LogP contribution in [0.1, 0.15) is 50.5 Å². The van der Waals surface area contributed by atoms with Crippen LogP contribution in [-0.4, -0.2) is 19.9 Å². The number of hydrogen-bond donors (Lipinski definition) is 2. The zero-order valence-electron chi connectivity index (χ0n) is 33.9. The van der Waals surface area contributed by atoms with Crippen molar-refractivity contribution < 1.29 is 67.9 Å². The lowest BCUT2D eigenvalue weighted by Crippen LogP contribution is -3.00. The minimum Gasteiger partial charge on any atom is -1.00 e. The fourth-order valence-corrected chi connectivity index (χ4v) is 7.76. The van der Waals surface area contributed by atoms with E-state index >= 15 is 0 Å². The Bertz CT molecular complexity index is 2450. The van der Waals surface area contributed by atoms with Gasteiger partial charge in [-0.15, -0.1) is 0 Å². The maximum absolute atomic E-state index is 5.45. The van der Waals surface area contributed by atoms with Crippen LogP contribution in [0.5, 0.6) is 0 Å². The molecule has 2 N–H and O–H groups in total. The number of rotatable bonds is 8. The summed E-state index contributed by atoms with van der Waals surface area (Å²) in [5, 5.41) is 0. The quantitative estimate of drug-likeness (QED) is 0.156. The second-order valence-corrected chi connectivity index (χ2v) is 14.2. The first kappa shape index (κ1) is 45.4. The Balaban J connectivity index is 0.00000171. The third-order valence-electron chi connectivity index (χ3n) is 10.9. The van der Waals surface area contributed by atoms with Crippen molar-refractivity contribution in [3.63, 3.8) is 0 Å². The average Bonchev–Trinajstić information content (AvgIpc) is 4.10. The van der Waals surface area contributed by atoms with Gasteiger partial charge in [-0.3, -0.25) is 0 Å². The number of halogens is 4. The molecule has 8 bridgehead atoms. The van der Waals surface area contributed by atoms with E-state index in [9.17, 15) is 0 Å². The van der Waals surface area contributed by atoms with Crippen LogP contribution < -0.4 is 67.9 Å². The monoisotopic (exact) mass is 874 g/mol. The number of aromatic nitrogens is 8. The van der Waals surface area contributed by atoms with E-state index in [1.54, 1.807) is 0 Å². The summed E-state index contributed by atoms with van der Waals surface area (Å²) in [6.07, 6.45) is 25.8. The van der Waals surface area contributed by atoms with Crippen LogP contribution >= 0.6 is 0 Å². The second-order valence-electron chi connectivity index (χ2n) is 14.2. The summed E-state index contributed by atoms with van der Waals surface area (Å²) in [6, 6.07) is 26.2. The van der Waals surface area contributed by atoms with E-state index in [0.29, 0.717) is 0 Å². The van der Waals surface area contributed by atoms with Crippen LogP contribution in [0.15, 0.2) is 122 Å². The molecule has 0 amide bonds. The van der Waals surface area contributed by atoms with Crippen molar-refractivity contribution in [3.05, 3.63) is 145 Å². The highest BCUT2D eigenvalue weighted by atomic mass is 35.5. The average molecular weight is 877 g/mol. The van der Waals surface area contributed by atoms with E-state index in [2.05, 4.69) is 203 Å². The third kappa shape index (κ3) is 8.65. The molecule has 7 aromatic rings. The number of aromatic amines is 2. The molecule has 0 fully saturated rings. The Morgan fingerprint density at radius 2 is 0.533 bits per heavy atom. The van der Waals surface area contributed by atoms with Crippen molar-refractivity contribution in [2.24, 2.45) is 0 Å². The largest absolute Gasteiger partial charge is 1.00 e. The molecule has 0 unspecified atom stereocenters. The summed E-state index contributed by atoms with van der Waals surface area (Å²) < 4.78 is 8.73. The van der Waals surface area contributed by atoms with Gasteiger partial charge in [0.05, 0.1) is 22.8 Å². The molecule has 0 saturated heterocycles. The number of fused-ring (bicyclic) bond motifs is 8. The topological polar surface area (TPSA) is 72.9 Å². The lowest BCUT2D eigenvalue weighted by Gasteiger charge is -2.06. The molecule has 8 nitrogen and oxygen atoms in total. The van der Waals surface area contributed by atoms with Gasteiger partial charge in [-0.2, -0.15) is 0 Å². The summed E-state index contributed by atoms with van der Waals surface area (Å²) in [6.45, 7) is 12.2. The molecule has 9 rings (SSSR count). The van der Waals surface area contributed by atoms with Crippen molar-refractivity contribution in [2.45, 2.75) is 53.9 Å². The van der Waals surface area contributed by atoms with E-state index < -0.39 is 0 Å². The number of hydrogen-bond acceptors (Lipinski definition) is 2. The standard InChI is InChI=1S/C48H45N8.4ClH/c1-5-53-25-17-33(18-26-53)45-37-9-11-39(49-37)46(34-19-27-54(6-2)28-20-34)41-13-15-43(51-41)48(36-23-31-56(8-4)32-24-36)44-16-14-42(52-44)47(40-12-10-38(45)50-40)35-21-29-55(7-3)30-22-35;;;;/h9-32H,5-8H2,1-4H3,(H,49,50,51,52);4*1H/q+3;;;;/p-3. The zero-order valence-corrected chi connectivity index (χ0v) is 36.9. The number of nitrogens with one attached hydrogen (secondary N) is 2. The van der Waals surface area contributed by atoms with Crippen LogP contribution in [-0.2, 0) is 26.2 Å². The molecule has 9 heterocycles. The van der Waals surface area contributed by atoms with E-state index in [4.69, 9.17) is 9.97 Å². The zero-order chi connectivity index (χ0) is 38.2. The van der Waals surface area contributed by atoms with Crippen LogP contribution in [0.25, 0.3) is 90.9 Å². The molecule has 0 spiro atoms. The molecule has 2 aliphatic rings. The summed E-state index contributed by atoms with van der Waals surface area (Å²) in [5.41, 5.74) is 16.1. The van der Waals surface area contributed by atoms with Gasteiger partial charge in [-0.25, -0.2) is 28.2 Å². The molecular formula is C48H46Cl4N8. The molecule has 0 aliphatic carbocycles. The first-order valence-corrected chi connectivity index (χ1v) is 19.7. The molecule has 60 heavy (non-hydrogen) atoms. The van der Waals surface area contributed by atoms with Gasteiger partial charge in [0.2, 0.25) is 0 Å². The van der Waals surface area contributed by atoms with Gasteiger partial charge >= 0.3 is 0 Å². The van der Waals surface area contributed by atoms with Crippen molar-refractivity contribution in [1.29, 1.82) is 0 Å². The SMILES string of the molecule is CC[n+]1ccc(-c2c3nc(c(-c4cc[n+](CC)cc4)c4ccc([nH]4)c(-c4cc[n+](CC)cc4)c4nc(c(-c5cc[n+](CC)cc5)c5ccc2[nH]5)C=C4)C=C3)cc1.[Cl-].[Cl-].[Cl-].[Cl-]. The van der Waals surface area contributed by atoms with Crippen LogP contribution in [0.3, 0.4) is 0 Å². The molecule has 0 saturated carbocycles. The highest BCUT2D eigenvalue weighted by Crippen LogP contribution is 2.38. The van der Waals surface area contributed by atoms with Gasteiger partial charge in [0.25, 0.3) is 0 Å². The van der Waals surface area contributed by atoms with E-state index in [0.717, 1.165) is 116 Å². The van der Waals surface area contributed by atoms with Crippen molar-refractivity contribution in [1.82, 2.24) is 19.9 Å². The summed E-state index contributed by atoms with van der Waals surface area (Å²) in [7, 11) is 0. The predicted octanol–water partition coefficient (Wildman–Crippen LogP) is -3.43. The molecular weight excluding hydrogens is 830 g/mol. The number of pyridine rings is 4. The van der Waals surface area contributed by atoms with Crippen LogP contribution in [0.2, 0.25) is 0 Å². The van der Waals surface area contributed by atoms with Crippen molar-refractivity contribution in [3.8, 4) is 44.5 Å². The van der Waals surface area contributed by atoms with Gasteiger partial charge in [0.15, 0.2) is 49.6 Å². The maximum atomic E-state index is 5.45. The first-order chi connectivity index (χ1) is 27.5. The van der Waals surface area contributed by atoms with Gasteiger partial charge in [-0.05, 0) is 98.5 Å². The Morgan fingerprint density at radius 3 is 0.717 bits per heavy atom. The molecule has 306 valence electrons. The van der Waals surface area contributed by atoms with Gasteiger partial charge in [0.1, 0.15) is 26.2 Å². The smallest absolute Gasteiger partial charge is 0.169 e. The van der Waals surface area contributed by atoms with E-state index in [-0.39, 0.29) is 49.6 Å². The summed E-state index contributed by atoms with van der Waals surface area (Å²) in [5.74, 6) is 0. The summed E-state index contributed by atoms with van der Waals surface area (Å²) >= 11 is 0. The minimum atomic E-state index is 0. The fourth-order valence-electron chi connectivity index (χ4n) is 7.76. The van der Waals surface area contributed by atoms with Gasteiger partial charge < -0.3 is 59.6 Å². The highest BCUT2D eigenvalue weighted by molar-refractivity contribution is 5.99. The highest BCUT2D eigenvalue weighted by Gasteiger charge is 2.20. The van der Waals surface area contributed by atoms with E-state index in [1.165, 1.54) is 0 Å². The molecule has 0 aromatic carbocycles. The van der Waals surface area contributed by atoms with Crippen molar-refractivity contribution >= 4 is 46.4 Å². The first-order valence-electron chi connectivity index (χ1n) is 19.7. The Morgan fingerprint density at radius 1 is 0.333 bits per heavy atom. The summed E-state index contributed by atoms with van der Waals surface area (Å²) in [4.78, 5) is 18.6. The number of aryl methyl sites for hydroxylation is 4. The lowest BCUT2D eigenvalue weighted by atomic mass is 10.0. The number of nitrogens with zero attached hydrogens (tertiary/aromatic N) is 6. The normalized spacial score (nSPS) is 11.3. The number of H-pyrrole nitrogens is 2. The van der Waals surface area contributed by atoms with E-state index in [1.807, 2.05) is 0 Å². The van der Waals surface area contributed by atoms with Crippen molar-refractivity contribution in [2.75, 3.05) is 0 Å². The third-order valence-corrected chi connectivity index (χ3v) is 10.9. The van der Waals surface area contributed by atoms with Crippen LogP contribution in [0.4, 0.5) is 0 Å². The Labute approximate surface area is 375 Å². The molecule has 0 atom stereocenters. The minimum absolute atomic E-state index is 0. The van der Waals surface area contributed by atoms with Gasteiger partial charge in [0, 0.05) is 92.9 Å². The maximum Gasteiger partial charge on any atom is 0.169 e. The second kappa shape index (κ2) is 19.6. The fraction of sp³-hybridized carbons (Fsp3) is 0.167. The molecule has 2 aliphatic heterocycles.